The SMILES string of the molecule is CCCCCCC(CCCCCC)C(=O)OCCCCN. The molecule has 0 heterocycles. The smallest absolute Gasteiger partial charge is 0.308 e. The van der Waals surface area contributed by atoms with Gasteiger partial charge < -0.3 is 10.5 Å². The van der Waals surface area contributed by atoms with Crippen LogP contribution in [0, 0.1) is 5.92 Å². The molecule has 0 saturated carbocycles. The molecule has 0 bridgehead atoms. The number of carbonyl (C=O) groups is 1. The van der Waals surface area contributed by atoms with Crippen molar-refractivity contribution in [3.05, 3.63) is 0 Å². The van der Waals surface area contributed by atoms with Crippen LogP contribution >= 0.6 is 0 Å². The molecule has 21 heavy (non-hydrogen) atoms. The summed E-state index contributed by atoms with van der Waals surface area (Å²) in [4.78, 5) is 12.2. The maximum Gasteiger partial charge on any atom is 0.308 e. The molecule has 0 amide bonds. The van der Waals surface area contributed by atoms with E-state index < -0.39 is 0 Å². The second-order valence-corrected chi connectivity index (χ2v) is 6.06. The number of hydrogen-bond acceptors (Lipinski definition) is 3. The molecule has 0 aromatic carbocycles. The lowest BCUT2D eigenvalue weighted by Crippen LogP contribution is -2.19. The first-order chi connectivity index (χ1) is 10.3. The van der Waals surface area contributed by atoms with Gasteiger partial charge in [0.1, 0.15) is 0 Å². The first-order valence-electron chi connectivity index (χ1n) is 9.12. The van der Waals surface area contributed by atoms with Crippen LogP contribution in [0.4, 0.5) is 0 Å². The second-order valence-electron chi connectivity index (χ2n) is 6.06. The summed E-state index contributed by atoms with van der Waals surface area (Å²) in [6, 6.07) is 0. The number of ether oxygens (including phenoxy) is 1. The van der Waals surface area contributed by atoms with Crippen LogP contribution in [0.25, 0.3) is 0 Å². The lowest BCUT2D eigenvalue weighted by Gasteiger charge is -2.16. The molecule has 0 aliphatic rings. The summed E-state index contributed by atoms with van der Waals surface area (Å²) >= 11 is 0. The van der Waals surface area contributed by atoms with Crippen LogP contribution in [0.3, 0.4) is 0 Å². The summed E-state index contributed by atoms with van der Waals surface area (Å²) in [5.41, 5.74) is 5.45. The van der Waals surface area contributed by atoms with Crippen LogP contribution in [-0.2, 0) is 9.53 Å². The highest BCUT2D eigenvalue weighted by atomic mass is 16.5. The van der Waals surface area contributed by atoms with Gasteiger partial charge in [0.25, 0.3) is 0 Å². The Hall–Kier alpha value is -0.570. The molecule has 0 atom stereocenters. The van der Waals surface area contributed by atoms with Crippen molar-refractivity contribution in [1.82, 2.24) is 0 Å². The molecule has 0 aromatic rings. The molecule has 0 fully saturated rings. The quantitative estimate of drug-likeness (QED) is 0.348. The molecular weight excluding hydrogens is 262 g/mol. The van der Waals surface area contributed by atoms with Crippen LogP contribution in [0.5, 0.6) is 0 Å². The third kappa shape index (κ3) is 12.9. The van der Waals surface area contributed by atoms with Crippen molar-refractivity contribution in [2.75, 3.05) is 13.2 Å². The molecule has 0 spiro atoms. The van der Waals surface area contributed by atoms with Crippen molar-refractivity contribution in [2.24, 2.45) is 11.7 Å². The Labute approximate surface area is 132 Å². The Morgan fingerprint density at radius 1 is 0.857 bits per heavy atom. The van der Waals surface area contributed by atoms with E-state index in [0.29, 0.717) is 13.2 Å². The van der Waals surface area contributed by atoms with E-state index in [0.717, 1.165) is 38.5 Å². The van der Waals surface area contributed by atoms with E-state index in [9.17, 15) is 4.79 Å². The first kappa shape index (κ1) is 20.4. The predicted molar refractivity (Wildman–Crippen MR) is 90.3 cm³/mol. The molecule has 0 aromatic heterocycles. The molecular formula is C18H37NO2. The fraction of sp³-hybridized carbons (Fsp3) is 0.944. The number of unbranched alkanes of at least 4 members (excludes halogenated alkanes) is 7. The van der Waals surface area contributed by atoms with E-state index in [1.807, 2.05) is 0 Å². The maximum atomic E-state index is 12.2. The zero-order valence-corrected chi connectivity index (χ0v) is 14.4. The zero-order valence-electron chi connectivity index (χ0n) is 14.4. The highest BCUT2D eigenvalue weighted by Gasteiger charge is 2.19. The average molecular weight is 299 g/mol. The van der Waals surface area contributed by atoms with Gasteiger partial charge in [-0.2, -0.15) is 0 Å². The van der Waals surface area contributed by atoms with Gasteiger partial charge in [0.15, 0.2) is 0 Å². The van der Waals surface area contributed by atoms with Crippen LogP contribution in [-0.4, -0.2) is 19.1 Å². The predicted octanol–water partition coefficient (Wildman–Crippen LogP) is 4.83. The first-order valence-corrected chi connectivity index (χ1v) is 9.12. The van der Waals surface area contributed by atoms with Crippen molar-refractivity contribution < 1.29 is 9.53 Å². The van der Waals surface area contributed by atoms with Gasteiger partial charge >= 0.3 is 5.97 Å². The summed E-state index contributed by atoms with van der Waals surface area (Å²) in [6.45, 7) is 5.65. The normalized spacial score (nSPS) is 11.0. The van der Waals surface area contributed by atoms with E-state index in [1.165, 1.54) is 38.5 Å². The molecule has 0 unspecified atom stereocenters. The van der Waals surface area contributed by atoms with E-state index in [2.05, 4.69) is 13.8 Å². The van der Waals surface area contributed by atoms with E-state index in [-0.39, 0.29) is 11.9 Å². The van der Waals surface area contributed by atoms with Crippen molar-refractivity contribution >= 4 is 5.97 Å². The minimum Gasteiger partial charge on any atom is -0.465 e. The average Bonchev–Trinajstić information content (AvgIpc) is 2.49. The lowest BCUT2D eigenvalue weighted by atomic mass is 9.94. The van der Waals surface area contributed by atoms with Gasteiger partial charge in [0.05, 0.1) is 12.5 Å². The fourth-order valence-electron chi connectivity index (χ4n) is 2.55. The van der Waals surface area contributed by atoms with Gasteiger partial charge in [-0.1, -0.05) is 65.2 Å². The number of rotatable bonds is 15. The van der Waals surface area contributed by atoms with Crippen molar-refractivity contribution in [1.29, 1.82) is 0 Å². The minimum atomic E-state index is 0.0278. The monoisotopic (exact) mass is 299 g/mol. The van der Waals surface area contributed by atoms with Gasteiger partial charge in [-0.05, 0) is 32.2 Å². The van der Waals surface area contributed by atoms with Crippen LogP contribution in [0.1, 0.15) is 90.9 Å². The molecule has 2 N–H and O–H groups in total. The van der Waals surface area contributed by atoms with Crippen molar-refractivity contribution in [2.45, 2.75) is 90.9 Å². The Kier molecular flexibility index (Phi) is 15.4. The van der Waals surface area contributed by atoms with Gasteiger partial charge in [-0.3, -0.25) is 4.79 Å². The Balaban J connectivity index is 3.98. The van der Waals surface area contributed by atoms with Gasteiger partial charge in [-0.25, -0.2) is 0 Å². The van der Waals surface area contributed by atoms with Gasteiger partial charge in [0, 0.05) is 0 Å². The Morgan fingerprint density at radius 2 is 1.43 bits per heavy atom. The standard InChI is InChI=1S/C18H37NO2/c1-3-5-7-9-13-17(14-10-8-6-4-2)18(20)21-16-12-11-15-19/h17H,3-16,19H2,1-2H3. The summed E-state index contributed by atoms with van der Waals surface area (Å²) in [5.74, 6) is 0.150. The molecule has 0 aliphatic heterocycles. The molecule has 0 radical (unpaired) electrons. The summed E-state index contributed by atoms with van der Waals surface area (Å²) in [6.07, 6.45) is 13.6. The number of hydrogen-bond donors (Lipinski definition) is 1. The summed E-state index contributed by atoms with van der Waals surface area (Å²) in [5, 5.41) is 0. The molecule has 0 aliphatic carbocycles. The largest absolute Gasteiger partial charge is 0.465 e. The molecule has 0 rings (SSSR count). The number of nitrogens with two attached hydrogens (primary N) is 1. The number of esters is 1. The van der Waals surface area contributed by atoms with Gasteiger partial charge in [-0.15, -0.1) is 0 Å². The van der Waals surface area contributed by atoms with Gasteiger partial charge in [0.2, 0.25) is 0 Å². The second kappa shape index (κ2) is 15.8. The van der Waals surface area contributed by atoms with E-state index in [4.69, 9.17) is 10.5 Å². The minimum absolute atomic E-state index is 0.0278. The molecule has 126 valence electrons. The van der Waals surface area contributed by atoms with Crippen LogP contribution in [0.15, 0.2) is 0 Å². The van der Waals surface area contributed by atoms with Crippen molar-refractivity contribution in [3.8, 4) is 0 Å². The molecule has 0 saturated heterocycles. The molecule has 3 nitrogen and oxygen atoms in total. The van der Waals surface area contributed by atoms with E-state index in [1.54, 1.807) is 0 Å². The molecule has 3 heteroatoms. The zero-order chi connectivity index (χ0) is 15.8. The Bertz CT molecular complexity index is 219. The Morgan fingerprint density at radius 3 is 1.90 bits per heavy atom. The van der Waals surface area contributed by atoms with Crippen LogP contribution in [0.2, 0.25) is 0 Å². The third-order valence-corrected chi connectivity index (χ3v) is 3.99. The van der Waals surface area contributed by atoms with Crippen LogP contribution < -0.4 is 5.73 Å². The summed E-state index contributed by atoms with van der Waals surface area (Å²) in [7, 11) is 0. The fourth-order valence-corrected chi connectivity index (χ4v) is 2.55. The number of carbonyl (C=O) groups excluding carboxylic acids is 1. The third-order valence-electron chi connectivity index (χ3n) is 3.99. The maximum absolute atomic E-state index is 12.2. The highest BCUT2D eigenvalue weighted by Crippen LogP contribution is 2.20. The summed E-state index contributed by atoms with van der Waals surface area (Å²) < 4.78 is 5.43. The lowest BCUT2D eigenvalue weighted by molar-refractivity contribution is -0.149. The van der Waals surface area contributed by atoms with Crippen molar-refractivity contribution in [3.63, 3.8) is 0 Å². The highest BCUT2D eigenvalue weighted by molar-refractivity contribution is 5.72. The topological polar surface area (TPSA) is 52.3 Å². The van der Waals surface area contributed by atoms with E-state index >= 15 is 0 Å².